The molecule has 2 aromatic rings. The van der Waals surface area contributed by atoms with Crippen molar-refractivity contribution in [3.63, 3.8) is 0 Å². The molecule has 1 fully saturated rings. The number of hydrogen-bond acceptors (Lipinski definition) is 5. The van der Waals surface area contributed by atoms with E-state index in [1.807, 2.05) is 49.9 Å². The Morgan fingerprint density at radius 1 is 1.33 bits per heavy atom. The minimum atomic E-state index is -0.247. The number of carbonyl (C=O) groups is 1. The van der Waals surface area contributed by atoms with Gasteiger partial charge < -0.3 is 9.42 Å². The van der Waals surface area contributed by atoms with E-state index in [1.54, 1.807) is 0 Å². The van der Waals surface area contributed by atoms with E-state index in [2.05, 4.69) is 23.0 Å². The molecule has 6 nitrogen and oxygen atoms in total. The molecule has 6 heteroatoms. The smallest absolute Gasteiger partial charge is 0.230 e. The summed E-state index contributed by atoms with van der Waals surface area (Å²) in [6, 6.07) is 9.99. The third-order valence-electron chi connectivity index (χ3n) is 5.38. The van der Waals surface area contributed by atoms with Gasteiger partial charge in [-0.1, -0.05) is 17.3 Å². The van der Waals surface area contributed by atoms with Gasteiger partial charge in [0.25, 0.3) is 0 Å². The predicted molar refractivity (Wildman–Crippen MR) is 102 cm³/mol. The number of carbonyl (C=O) groups excluding carboxylic acids is 1. The van der Waals surface area contributed by atoms with Crippen LogP contribution in [0.1, 0.15) is 47.9 Å². The van der Waals surface area contributed by atoms with Crippen LogP contribution >= 0.6 is 0 Å². The maximum atomic E-state index is 13.1. The Hall–Kier alpha value is -2.65. The summed E-state index contributed by atoms with van der Waals surface area (Å²) < 4.78 is 5.23. The van der Waals surface area contributed by atoms with Gasteiger partial charge in [-0.3, -0.25) is 9.69 Å². The molecule has 0 unspecified atom stereocenters. The molecule has 1 aliphatic rings. The Kier molecular flexibility index (Phi) is 5.62. The molecule has 0 aliphatic carbocycles. The quantitative estimate of drug-likeness (QED) is 0.832. The average molecular weight is 366 g/mol. The molecule has 142 valence electrons. The second-order valence-electron chi connectivity index (χ2n) is 7.38. The minimum absolute atomic E-state index is 0.134. The van der Waals surface area contributed by atoms with Crippen molar-refractivity contribution in [1.82, 2.24) is 15.0 Å². The van der Waals surface area contributed by atoms with E-state index in [0.29, 0.717) is 12.1 Å². The van der Waals surface area contributed by atoms with Crippen molar-refractivity contribution in [3.8, 4) is 6.07 Å². The van der Waals surface area contributed by atoms with Crippen molar-refractivity contribution < 1.29 is 9.32 Å². The van der Waals surface area contributed by atoms with Crippen LogP contribution in [0.2, 0.25) is 0 Å². The van der Waals surface area contributed by atoms with Gasteiger partial charge in [-0.2, -0.15) is 5.26 Å². The van der Waals surface area contributed by atoms with Crippen LogP contribution in [-0.4, -0.2) is 46.5 Å². The fourth-order valence-corrected chi connectivity index (χ4v) is 3.93. The Morgan fingerprint density at radius 2 is 2.04 bits per heavy atom. The number of hydrogen-bond donors (Lipinski definition) is 0. The van der Waals surface area contributed by atoms with Crippen LogP contribution in [0.15, 0.2) is 28.8 Å². The van der Waals surface area contributed by atoms with E-state index in [9.17, 15) is 4.79 Å². The fraction of sp³-hybridized carbons (Fsp3) is 0.476. The first-order valence-electron chi connectivity index (χ1n) is 9.35. The standard InChI is InChI=1S/C21H26N4O2/c1-14-12-24(13-19-7-5-18(11-22)6-8-19)9-10-25(14)21(26)15(2)20-16(3)23-27-17(20)4/h5-8,14-15H,9-10,12-13H2,1-4H3/t14-,15+/m1/s1. The van der Waals surface area contributed by atoms with Crippen molar-refractivity contribution in [2.24, 2.45) is 0 Å². The number of aromatic nitrogens is 1. The van der Waals surface area contributed by atoms with Gasteiger partial charge in [0, 0.05) is 37.8 Å². The molecule has 1 aromatic carbocycles. The molecular weight excluding hydrogens is 340 g/mol. The van der Waals surface area contributed by atoms with Crippen molar-refractivity contribution in [3.05, 3.63) is 52.4 Å². The zero-order valence-electron chi connectivity index (χ0n) is 16.4. The highest BCUT2D eigenvalue weighted by Gasteiger charge is 2.32. The summed E-state index contributed by atoms with van der Waals surface area (Å²) in [5.41, 5.74) is 3.56. The third kappa shape index (κ3) is 4.04. The average Bonchev–Trinajstić information content (AvgIpc) is 3.00. The Bertz CT molecular complexity index is 831. The zero-order valence-corrected chi connectivity index (χ0v) is 16.4. The summed E-state index contributed by atoms with van der Waals surface area (Å²) in [6.07, 6.45) is 0. The molecule has 2 atom stereocenters. The lowest BCUT2D eigenvalue weighted by molar-refractivity contribution is -0.137. The number of rotatable bonds is 4. The summed E-state index contributed by atoms with van der Waals surface area (Å²) in [7, 11) is 0. The highest BCUT2D eigenvalue weighted by Crippen LogP contribution is 2.26. The number of aryl methyl sites for hydroxylation is 2. The SMILES string of the molecule is Cc1noc(C)c1[C@H](C)C(=O)N1CCN(Cc2ccc(C#N)cc2)C[C@H]1C. The monoisotopic (exact) mass is 366 g/mol. The van der Waals surface area contributed by atoms with E-state index in [0.717, 1.165) is 36.7 Å². The topological polar surface area (TPSA) is 73.4 Å². The van der Waals surface area contributed by atoms with Crippen LogP contribution < -0.4 is 0 Å². The van der Waals surface area contributed by atoms with Crippen molar-refractivity contribution >= 4 is 5.91 Å². The molecule has 1 aromatic heterocycles. The summed E-state index contributed by atoms with van der Waals surface area (Å²) in [5.74, 6) is 0.610. The molecule has 0 saturated carbocycles. The summed E-state index contributed by atoms with van der Waals surface area (Å²) in [6.45, 7) is 11.0. The fourth-order valence-electron chi connectivity index (χ4n) is 3.93. The minimum Gasteiger partial charge on any atom is -0.361 e. The molecule has 1 aliphatic heterocycles. The van der Waals surface area contributed by atoms with E-state index in [-0.39, 0.29) is 17.9 Å². The normalized spacial score (nSPS) is 18.9. The van der Waals surface area contributed by atoms with Crippen LogP contribution in [0.4, 0.5) is 0 Å². The first-order chi connectivity index (χ1) is 12.9. The first-order valence-corrected chi connectivity index (χ1v) is 9.35. The van der Waals surface area contributed by atoms with Crippen LogP contribution in [0.5, 0.6) is 0 Å². The number of piperazine rings is 1. The maximum absolute atomic E-state index is 13.1. The Labute approximate surface area is 160 Å². The molecule has 1 saturated heterocycles. The van der Waals surface area contributed by atoms with Crippen LogP contribution in [0, 0.1) is 25.2 Å². The zero-order chi connectivity index (χ0) is 19.6. The van der Waals surface area contributed by atoms with Gasteiger partial charge in [0.05, 0.1) is 23.2 Å². The molecule has 2 heterocycles. The van der Waals surface area contributed by atoms with Gasteiger partial charge in [-0.05, 0) is 45.4 Å². The van der Waals surface area contributed by atoms with Gasteiger partial charge in [-0.25, -0.2) is 0 Å². The molecule has 0 N–H and O–H groups in total. The number of nitrogens with zero attached hydrogens (tertiary/aromatic N) is 4. The highest BCUT2D eigenvalue weighted by atomic mass is 16.5. The van der Waals surface area contributed by atoms with Crippen molar-refractivity contribution in [2.75, 3.05) is 19.6 Å². The molecule has 0 spiro atoms. The van der Waals surface area contributed by atoms with Gasteiger partial charge >= 0.3 is 0 Å². The van der Waals surface area contributed by atoms with Gasteiger partial charge in [0.15, 0.2) is 0 Å². The largest absolute Gasteiger partial charge is 0.361 e. The predicted octanol–water partition coefficient (Wildman–Crippen LogP) is 3.00. The first kappa shape index (κ1) is 19.1. The number of benzene rings is 1. The molecule has 0 bridgehead atoms. The summed E-state index contributed by atoms with van der Waals surface area (Å²) in [4.78, 5) is 17.4. The highest BCUT2D eigenvalue weighted by molar-refractivity contribution is 5.84. The molecular formula is C21H26N4O2. The lowest BCUT2D eigenvalue weighted by atomic mass is 9.96. The molecule has 3 rings (SSSR count). The van der Waals surface area contributed by atoms with Crippen LogP contribution in [0.25, 0.3) is 0 Å². The van der Waals surface area contributed by atoms with Gasteiger partial charge in [0.1, 0.15) is 5.76 Å². The van der Waals surface area contributed by atoms with Crippen LogP contribution in [0.3, 0.4) is 0 Å². The van der Waals surface area contributed by atoms with Crippen molar-refractivity contribution in [2.45, 2.75) is 46.2 Å². The lowest BCUT2D eigenvalue weighted by Gasteiger charge is -2.41. The second-order valence-corrected chi connectivity index (χ2v) is 7.38. The maximum Gasteiger partial charge on any atom is 0.230 e. The molecule has 0 radical (unpaired) electrons. The second kappa shape index (κ2) is 7.93. The summed E-state index contributed by atoms with van der Waals surface area (Å²) in [5, 5.41) is 12.9. The van der Waals surface area contributed by atoms with Crippen LogP contribution in [-0.2, 0) is 11.3 Å². The van der Waals surface area contributed by atoms with E-state index < -0.39 is 0 Å². The number of nitriles is 1. The van der Waals surface area contributed by atoms with Gasteiger partial charge in [0.2, 0.25) is 5.91 Å². The third-order valence-corrected chi connectivity index (χ3v) is 5.38. The molecule has 1 amide bonds. The van der Waals surface area contributed by atoms with E-state index >= 15 is 0 Å². The number of amides is 1. The van der Waals surface area contributed by atoms with Crippen molar-refractivity contribution in [1.29, 1.82) is 5.26 Å². The lowest BCUT2D eigenvalue weighted by Crippen LogP contribution is -2.54. The van der Waals surface area contributed by atoms with E-state index in [1.165, 1.54) is 5.56 Å². The Balaban J connectivity index is 1.62. The van der Waals surface area contributed by atoms with Gasteiger partial charge in [-0.15, -0.1) is 0 Å². The summed E-state index contributed by atoms with van der Waals surface area (Å²) >= 11 is 0. The Morgan fingerprint density at radius 3 is 2.59 bits per heavy atom. The van der Waals surface area contributed by atoms with E-state index in [4.69, 9.17) is 9.78 Å². The molecule has 27 heavy (non-hydrogen) atoms.